The molecule has 0 amide bonds. The van der Waals surface area contributed by atoms with E-state index < -0.39 is 5.97 Å². The minimum atomic E-state index is -0.748. The first-order chi connectivity index (χ1) is 12.2. The molecule has 0 fully saturated rings. The lowest BCUT2D eigenvalue weighted by molar-refractivity contribution is -0.136. The summed E-state index contributed by atoms with van der Waals surface area (Å²) >= 11 is 0. The van der Waals surface area contributed by atoms with Crippen molar-refractivity contribution in [2.75, 3.05) is 0 Å². The Bertz CT molecular complexity index is 456. The van der Waals surface area contributed by atoms with Crippen molar-refractivity contribution in [1.82, 2.24) is 0 Å². The molecule has 140 valence electrons. The van der Waals surface area contributed by atoms with E-state index in [4.69, 9.17) is 5.11 Å². The highest BCUT2D eigenvalue weighted by atomic mass is 16.4. The van der Waals surface area contributed by atoms with Crippen molar-refractivity contribution in [3.05, 3.63) is 60.8 Å². The van der Waals surface area contributed by atoms with E-state index in [9.17, 15) is 9.90 Å². The fourth-order valence-corrected chi connectivity index (χ4v) is 2.02. The fraction of sp³-hybridized carbons (Fsp3) is 0.500. The van der Waals surface area contributed by atoms with Crippen molar-refractivity contribution in [3.63, 3.8) is 0 Å². The van der Waals surface area contributed by atoms with Gasteiger partial charge in [0.25, 0.3) is 0 Å². The van der Waals surface area contributed by atoms with E-state index in [1.165, 1.54) is 0 Å². The van der Waals surface area contributed by atoms with Crippen LogP contribution in [0, 0.1) is 0 Å². The molecule has 3 heteroatoms. The third kappa shape index (κ3) is 20.1. The maximum absolute atomic E-state index is 10.3. The summed E-state index contributed by atoms with van der Waals surface area (Å²) in [7, 11) is 0. The van der Waals surface area contributed by atoms with Crippen LogP contribution in [0.5, 0.6) is 0 Å². The maximum atomic E-state index is 10.3. The minimum absolute atomic E-state index is 0.160. The van der Waals surface area contributed by atoms with Gasteiger partial charge in [0.2, 0.25) is 0 Å². The highest BCUT2D eigenvalue weighted by Gasteiger charge is 1.96. The molecule has 0 spiro atoms. The summed E-state index contributed by atoms with van der Waals surface area (Å²) in [4.78, 5) is 10.3. The lowest BCUT2D eigenvalue weighted by Crippen LogP contribution is -2.02. The van der Waals surface area contributed by atoms with Crippen molar-refractivity contribution < 1.29 is 15.0 Å². The zero-order valence-electron chi connectivity index (χ0n) is 15.5. The number of carboxylic acids is 1. The quantitative estimate of drug-likeness (QED) is 0.372. The van der Waals surface area contributed by atoms with E-state index in [0.717, 1.165) is 44.9 Å². The minimum Gasteiger partial charge on any atom is -0.481 e. The third-order valence-electron chi connectivity index (χ3n) is 3.58. The van der Waals surface area contributed by atoms with E-state index in [2.05, 4.69) is 48.6 Å². The first-order valence-electron chi connectivity index (χ1n) is 9.31. The van der Waals surface area contributed by atoms with Gasteiger partial charge in [0.1, 0.15) is 0 Å². The topological polar surface area (TPSA) is 57.5 Å². The number of carbonyl (C=O) groups is 1. The Morgan fingerprint density at radius 3 is 1.56 bits per heavy atom. The molecule has 0 saturated heterocycles. The van der Waals surface area contributed by atoms with Gasteiger partial charge >= 0.3 is 5.97 Å². The number of allylic oxidation sites excluding steroid dienone is 10. The molecule has 0 aromatic carbocycles. The van der Waals surface area contributed by atoms with Gasteiger partial charge < -0.3 is 10.2 Å². The normalized spacial score (nSPS) is 14.0. The Kier molecular flexibility index (Phi) is 17.1. The molecular formula is C22H34O3. The first kappa shape index (κ1) is 23.1. The zero-order valence-corrected chi connectivity index (χ0v) is 15.5. The summed E-state index contributed by atoms with van der Waals surface area (Å²) in [5, 5.41) is 17.9. The van der Waals surface area contributed by atoms with Crippen LogP contribution in [-0.2, 0) is 4.79 Å². The molecule has 0 heterocycles. The van der Waals surface area contributed by atoms with Crippen molar-refractivity contribution in [3.8, 4) is 0 Å². The maximum Gasteiger partial charge on any atom is 0.303 e. The van der Waals surface area contributed by atoms with Gasteiger partial charge in [-0.15, -0.1) is 0 Å². The van der Waals surface area contributed by atoms with Gasteiger partial charge in [-0.3, -0.25) is 4.79 Å². The lowest BCUT2D eigenvalue weighted by atomic mass is 10.1. The number of hydrogen-bond acceptors (Lipinski definition) is 2. The van der Waals surface area contributed by atoms with Gasteiger partial charge in [0, 0.05) is 6.42 Å². The second-order valence-electron chi connectivity index (χ2n) is 5.87. The van der Waals surface area contributed by atoms with Crippen LogP contribution < -0.4 is 0 Å². The highest BCUT2D eigenvalue weighted by Crippen LogP contribution is 2.02. The predicted octanol–water partition coefficient (Wildman–Crippen LogP) is 5.74. The summed E-state index contributed by atoms with van der Waals surface area (Å²) in [6.45, 7) is 2.00. The largest absolute Gasteiger partial charge is 0.481 e. The van der Waals surface area contributed by atoms with Crippen LogP contribution in [0.15, 0.2) is 60.8 Å². The molecule has 0 aliphatic heterocycles. The number of aliphatic hydroxyl groups is 1. The molecule has 1 atom stereocenters. The van der Waals surface area contributed by atoms with Gasteiger partial charge in [0.05, 0.1) is 6.10 Å². The van der Waals surface area contributed by atoms with Gasteiger partial charge in [-0.05, 0) is 51.4 Å². The monoisotopic (exact) mass is 346 g/mol. The van der Waals surface area contributed by atoms with Gasteiger partial charge in [-0.2, -0.15) is 0 Å². The molecule has 0 saturated carbocycles. The zero-order chi connectivity index (χ0) is 18.6. The summed E-state index contributed by atoms with van der Waals surface area (Å²) in [6.07, 6.45) is 28.0. The van der Waals surface area contributed by atoms with Crippen molar-refractivity contribution >= 4 is 5.97 Å². The van der Waals surface area contributed by atoms with E-state index in [0.29, 0.717) is 6.42 Å². The molecule has 0 bridgehead atoms. The molecule has 0 radical (unpaired) electrons. The van der Waals surface area contributed by atoms with Gasteiger partial charge in [0.15, 0.2) is 0 Å². The SMILES string of the molecule is CCC(O)CCC=CCC=CCC=CCC=CCC=CCCC(=O)O. The second kappa shape index (κ2) is 18.5. The van der Waals surface area contributed by atoms with Crippen molar-refractivity contribution in [2.45, 2.75) is 70.8 Å². The number of carboxylic acid groups (broad SMARTS) is 1. The number of aliphatic hydroxyl groups excluding tert-OH is 1. The number of aliphatic carboxylic acids is 1. The summed E-state index contributed by atoms with van der Waals surface area (Å²) in [5.41, 5.74) is 0. The molecule has 0 aliphatic rings. The Morgan fingerprint density at radius 2 is 1.16 bits per heavy atom. The number of hydrogen-bond donors (Lipinski definition) is 2. The summed E-state index contributed by atoms with van der Waals surface area (Å²) in [6, 6.07) is 0. The van der Waals surface area contributed by atoms with Crippen LogP contribution >= 0.6 is 0 Å². The van der Waals surface area contributed by atoms with Crippen LogP contribution in [0.25, 0.3) is 0 Å². The molecule has 3 nitrogen and oxygen atoms in total. The van der Waals surface area contributed by atoms with E-state index in [1.54, 1.807) is 0 Å². The standard InChI is InChI=1S/C22H34O3/c1-2-21(23)19-17-15-13-11-9-7-5-3-4-6-8-10-12-14-16-18-20-22(24)25/h3-4,7-10,13-16,21,23H,2,5-6,11-12,17-20H2,1H3,(H,24,25). The van der Waals surface area contributed by atoms with Crippen molar-refractivity contribution in [2.24, 2.45) is 0 Å². The van der Waals surface area contributed by atoms with Gasteiger partial charge in [-0.25, -0.2) is 0 Å². The fourth-order valence-electron chi connectivity index (χ4n) is 2.02. The molecule has 0 aromatic heterocycles. The molecule has 1 unspecified atom stereocenters. The van der Waals surface area contributed by atoms with E-state index >= 15 is 0 Å². The van der Waals surface area contributed by atoms with Gasteiger partial charge in [-0.1, -0.05) is 67.7 Å². The average molecular weight is 347 g/mol. The van der Waals surface area contributed by atoms with E-state index in [-0.39, 0.29) is 12.5 Å². The van der Waals surface area contributed by atoms with Crippen LogP contribution in [0.4, 0.5) is 0 Å². The molecular weight excluding hydrogens is 312 g/mol. The smallest absolute Gasteiger partial charge is 0.303 e. The predicted molar refractivity (Wildman–Crippen MR) is 107 cm³/mol. The van der Waals surface area contributed by atoms with Crippen LogP contribution in [0.3, 0.4) is 0 Å². The Morgan fingerprint density at radius 1 is 0.760 bits per heavy atom. The van der Waals surface area contributed by atoms with E-state index in [1.807, 2.05) is 19.1 Å². The summed E-state index contributed by atoms with van der Waals surface area (Å²) < 4.78 is 0. The van der Waals surface area contributed by atoms with Crippen molar-refractivity contribution in [1.29, 1.82) is 0 Å². The van der Waals surface area contributed by atoms with Crippen LogP contribution in [-0.4, -0.2) is 22.3 Å². The Hall–Kier alpha value is -1.87. The average Bonchev–Trinajstić information content (AvgIpc) is 2.60. The summed E-state index contributed by atoms with van der Waals surface area (Å²) in [5.74, 6) is -0.748. The lowest BCUT2D eigenvalue weighted by Gasteiger charge is -2.03. The molecule has 2 N–H and O–H groups in total. The second-order valence-corrected chi connectivity index (χ2v) is 5.87. The Labute approximate surface area is 153 Å². The highest BCUT2D eigenvalue weighted by molar-refractivity contribution is 5.66. The number of rotatable bonds is 15. The molecule has 25 heavy (non-hydrogen) atoms. The van der Waals surface area contributed by atoms with Crippen LogP contribution in [0.1, 0.15) is 64.7 Å². The first-order valence-corrected chi connectivity index (χ1v) is 9.31. The van der Waals surface area contributed by atoms with Crippen LogP contribution in [0.2, 0.25) is 0 Å². The molecule has 0 aliphatic carbocycles. The third-order valence-corrected chi connectivity index (χ3v) is 3.58. The molecule has 0 rings (SSSR count). The Balaban J connectivity index is 3.51. The molecule has 0 aromatic rings.